The number of carbonyl (C=O) groups is 7. The average molecular weight is 988 g/mol. The van der Waals surface area contributed by atoms with E-state index in [0.29, 0.717) is 89.8 Å². The minimum Gasteiger partial charge on any atom is -0.378 e. The van der Waals surface area contributed by atoms with Gasteiger partial charge in [0.1, 0.15) is 19.3 Å². The summed E-state index contributed by atoms with van der Waals surface area (Å²) >= 11 is 0. The van der Waals surface area contributed by atoms with Gasteiger partial charge < -0.3 is 50.8 Å². The second kappa shape index (κ2) is 33.2. The molecule has 3 rings (SSSR count). The lowest BCUT2D eigenvalue weighted by Crippen LogP contribution is -2.53. The van der Waals surface area contributed by atoms with Crippen molar-refractivity contribution in [3.63, 3.8) is 0 Å². The van der Waals surface area contributed by atoms with E-state index in [1.54, 1.807) is 52.5 Å². The van der Waals surface area contributed by atoms with Gasteiger partial charge in [0.15, 0.2) is 22.4 Å². The minimum atomic E-state index is -1.29. The van der Waals surface area contributed by atoms with Crippen LogP contribution in [-0.2, 0) is 47.7 Å². The number of ketones is 3. The molecule has 6 atom stereocenters. The molecule has 7 N–H and O–H groups in total. The average Bonchev–Trinajstić information content (AvgIpc) is 4.05. The van der Waals surface area contributed by atoms with Crippen molar-refractivity contribution in [2.24, 2.45) is 34.2 Å². The number of hydrazine groups is 1. The summed E-state index contributed by atoms with van der Waals surface area (Å²) in [5.74, 6) is -4.69. The van der Waals surface area contributed by atoms with E-state index in [1.165, 1.54) is 0 Å². The third-order valence-corrected chi connectivity index (χ3v) is 12.3. The lowest BCUT2D eigenvalue weighted by Gasteiger charge is -2.33. The number of amides is 4. The van der Waals surface area contributed by atoms with Crippen LogP contribution in [0.5, 0.6) is 0 Å². The quantitative estimate of drug-likeness (QED) is 0.0160. The SMILES string of the molecule is CCCCCC(CC(=O)C(NC(=O)COCCOCCNC(=O)COCCOCCN)C(C)C(=O)c1ccccc1)C(=O)N1CCCC1C(=O)N1CCCC1C(=O)CC(C)CCCN=C(N)N[N+](=O)[O-]. The second-order valence-corrected chi connectivity index (χ2v) is 17.8. The Morgan fingerprint density at radius 1 is 0.814 bits per heavy atom. The van der Waals surface area contributed by atoms with Crippen LogP contribution in [-0.4, -0.2) is 165 Å². The van der Waals surface area contributed by atoms with Crippen LogP contribution in [0, 0.1) is 27.9 Å². The summed E-state index contributed by atoms with van der Waals surface area (Å²) in [5, 5.41) is 15.1. The predicted octanol–water partition coefficient (Wildman–Crippen LogP) is 1.74. The molecule has 22 nitrogen and oxygen atoms in total. The van der Waals surface area contributed by atoms with Crippen molar-refractivity contribution in [1.82, 2.24) is 25.9 Å². The van der Waals surface area contributed by atoms with Crippen molar-refractivity contribution in [2.45, 2.75) is 116 Å². The van der Waals surface area contributed by atoms with E-state index in [9.17, 15) is 43.7 Å². The van der Waals surface area contributed by atoms with Gasteiger partial charge in [-0.25, -0.2) is 15.1 Å². The molecule has 0 radical (unpaired) electrons. The zero-order valence-electron chi connectivity index (χ0n) is 41.3. The topological polar surface area (TPSA) is 307 Å². The van der Waals surface area contributed by atoms with Gasteiger partial charge in [0, 0.05) is 63.0 Å². The molecule has 70 heavy (non-hydrogen) atoms. The summed E-state index contributed by atoms with van der Waals surface area (Å²) < 4.78 is 21.4. The van der Waals surface area contributed by atoms with Crippen LogP contribution < -0.4 is 27.5 Å². The van der Waals surface area contributed by atoms with Gasteiger partial charge in [-0.2, -0.15) is 0 Å². The van der Waals surface area contributed by atoms with Crippen molar-refractivity contribution in [3.05, 3.63) is 46.0 Å². The molecule has 2 aliphatic heterocycles. The number of nitrogens with two attached hydrogens (primary N) is 2. The summed E-state index contributed by atoms with van der Waals surface area (Å²) in [7, 11) is 0. The molecule has 0 aliphatic carbocycles. The van der Waals surface area contributed by atoms with Gasteiger partial charge in [-0.3, -0.25) is 33.6 Å². The number of hydrogen-bond donors (Lipinski definition) is 5. The van der Waals surface area contributed by atoms with E-state index in [2.05, 4.69) is 15.6 Å². The highest BCUT2D eigenvalue weighted by Gasteiger charge is 2.44. The van der Waals surface area contributed by atoms with Gasteiger partial charge in [0.25, 0.3) is 5.96 Å². The number of carbonyl (C=O) groups excluding carboxylic acids is 7. The second-order valence-electron chi connectivity index (χ2n) is 17.8. The molecule has 2 aliphatic rings. The highest BCUT2D eigenvalue weighted by Crippen LogP contribution is 2.30. The molecule has 1 aromatic carbocycles. The Bertz CT molecular complexity index is 1860. The largest absolute Gasteiger partial charge is 0.378 e. The lowest BCUT2D eigenvalue weighted by atomic mass is 9.85. The Morgan fingerprint density at radius 3 is 2.13 bits per heavy atom. The molecule has 1 aromatic rings. The minimum absolute atomic E-state index is 0.0286. The van der Waals surface area contributed by atoms with Crippen LogP contribution in [0.2, 0.25) is 0 Å². The van der Waals surface area contributed by atoms with Crippen LogP contribution in [0.3, 0.4) is 0 Å². The van der Waals surface area contributed by atoms with Gasteiger partial charge in [-0.1, -0.05) is 75.8 Å². The standard InChI is InChI=1S/C48H77N9O13/c1-4-5-7-16-37(46(63)56-23-12-18-39(56)47(64)55-22-11-17-38(55)40(58)30-34(2)13-10-20-52-48(50)54-57(65)66)31-41(59)44(35(3)45(62)36-14-8-6-9-15-36)53-43(61)33-70-29-27-68-25-21-51-42(60)32-69-28-26-67-24-19-49/h6,8-9,14-15,34-35,37-39,44H,4-5,7,10-13,16-33,49H2,1-3H3,(H,51,60)(H,53,61)(H3,50,52,54). The normalized spacial score (nSPS) is 17.6. The zero-order valence-corrected chi connectivity index (χ0v) is 41.3. The Hall–Kier alpha value is -5.42. The number of aliphatic imine (C=N–C) groups is 1. The van der Waals surface area contributed by atoms with Crippen molar-refractivity contribution in [2.75, 3.05) is 85.6 Å². The van der Waals surface area contributed by atoms with Gasteiger partial charge in [0.05, 0.1) is 51.7 Å². The van der Waals surface area contributed by atoms with E-state index in [0.717, 1.165) is 12.8 Å². The first-order valence-electron chi connectivity index (χ1n) is 24.7. The maximum Gasteiger partial charge on any atom is 0.251 e. The number of guanidine groups is 1. The first-order chi connectivity index (χ1) is 33.7. The Labute approximate surface area is 411 Å². The number of ether oxygens (including phenoxy) is 4. The third kappa shape index (κ3) is 21.3. The Balaban J connectivity index is 1.63. The van der Waals surface area contributed by atoms with Crippen LogP contribution in [0.1, 0.15) is 108 Å². The van der Waals surface area contributed by atoms with Crippen LogP contribution >= 0.6 is 0 Å². The molecule has 392 valence electrons. The number of hydrogen-bond acceptors (Lipinski definition) is 15. The number of rotatable bonds is 36. The summed E-state index contributed by atoms with van der Waals surface area (Å²) in [4.78, 5) is 114. The van der Waals surface area contributed by atoms with Crippen LogP contribution in [0.15, 0.2) is 35.3 Å². The maximum atomic E-state index is 14.6. The predicted molar refractivity (Wildman–Crippen MR) is 259 cm³/mol. The number of likely N-dealkylation sites (tertiary alicyclic amines) is 2. The summed E-state index contributed by atoms with van der Waals surface area (Å²) in [5.41, 5.74) is 13.0. The number of unbranched alkanes of at least 4 members (excludes halogenated alkanes) is 2. The molecule has 4 amide bonds. The fraction of sp³-hybridized carbons (Fsp3) is 0.708. The van der Waals surface area contributed by atoms with Crippen LogP contribution in [0.25, 0.3) is 0 Å². The summed E-state index contributed by atoms with van der Waals surface area (Å²) in [6.07, 6.45) is 5.92. The number of nitro groups is 1. The van der Waals surface area contributed by atoms with Crippen molar-refractivity contribution < 1.29 is 57.5 Å². The monoisotopic (exact) mass is 988 g/mol. The molecule has 22 heteroatoms. The maximum absolute atomic E-state index is 14.6. The van der Waals surface area contributed by atoms with Crippen molar-refractivity contribution in [1.29, 1.82) is 0 Å². The molecular formula is C48H77N9O13. The molecule has 2 fully saturated rings. The zero-order chi connectivity index (χ0) is 51.3. The molecule has 0 aromatic heterocycles. The van der Waals surface area contributed by atoms with E-state index in [4.69, 9.17) is 30.4 Å². The Morgan fingerprint density at radius 2 is 1.46 bits per heavy atom. The lowest BCUT2D eigenvalue weighted by molar-refractivity contribution is -0.525. The van der Waals surface area contributed by atoms with Gasteiger partial charge in [-0.05, 0) is 50.9 Å². The third-order valence-electron chi connectivity index (χ3n) is 12.3. The van der Waals surface area contributed by atoms with Gasteiger partial charge in [-0.15, -0.1) is 0 Å². The molecular weight excluding hydrogens is 911 g/mol. The van der Waals surface area contributed by atoms with E-state index in [-0.39, 0.29) is 100 Å². The van der Waals surface area contributed by atoms with Crippen LogP contribution in [0.4, 0.5) is 0 Å². The first-order valence-corrected chi connectivity index (χ1v) is 24.7. The number of nitrogens with zero attached hydrogens (tertiary/aromatic N) is 4. The summed E-state index contributed by atoms with van der Waals surface area (Å²) in [6.45, 7) is 7.87. The number of Topliss-reactive ketones (excluding diaryl/α,β-unsaturated/α-hetero) is 3. The smallest absolute Gasteiger partial charge is 0.251 e. The fourth-order valence-corrected chi connectivity index (χ4v) is 8.63. The number of nitrogens with one attached hydrogen (secondary N) is 3. The van der Waals surface area contributed by atoms with E-state index < -0.39 is 53.3 Å². The van der Waals surface area contributed by atoms with Crippen molar-refractivity contribution in [3.8, 4) is 0 Å². The van der Waals surface area contributed by atoms with Crippen molar-refractivity contribution >= 4 is 46.9 Å². The molecule has 6 unspecified atom stereocenters. The Kier molecular flexibility index (Phi) is 27.9. The number of benzene rings is 1. The van der Waals surface area contributed by atoms with E-state index in [1.807, 2.05) is 13.8 Å². The first kappa shape index (κ1) is 58.9. The molecule has 0 spiro atoms. The van der Waals surface area contributed by atoms with E-state index >= 15 is 0 Å². The molecule has 0 bridgehead atoms. The van der Waals surface area contributed by atoms with Gasteiger partial charge >= 0.3 is 0 Å². The molecule has 2 heterocycles. The molecule has 2 saturated heterocycles. The fourth-order valence-electron chi connectivity index (χ4n) is 8.63. The molecule has 0 saturated carbocycles. The highest BCUT2D eigenvalue weighted by molar-refractivity contribution is 6.03. The highest BCUT2D eigenvalue weighted by atomic mass is 16.7. The van der Waals surface area contributed by atoms with Gasteiger partial charge in [0.2, 0.25) is 23.6 Å². The summed E-state index contributed by atoms with van der Waals surface area (Å²) in [6, 6.07) is 5.71.